The molecule has 26 heavy (non-hydrogen) atoms. The third kappa shape index (κ3) is 7.00. The lowest BCUT2D eigenvalue weighted by molar-refractivity contribution is 0.0237. The van der Waals surface area contributed by atoms with Gasteiger partial charge in [0.1, 0.15) is 18.0 Å². The predicted molar refractivity (Wildman–Crippen MR) is 107 cm³/mol. The van der Waals surface area contributed by atoms with E-state index < -0.39 is 5.60 Å². The molecule has 0 bridgehead atoms. The molecule has 0 spiro atoms. The third-order valence-corrected chi connectivity index (χ3v) is 4.34. The van der Waals surface area contributed by atoms with Crippen molar-refractivity contribution in [1.82, 2.24) is 4.90 Å². The van der Waals surface area contributed by atoms with Crippen molar-refractivity contribution >= 4 is 28.1 Å². The molecule has 1 saturated heterocycles. The minimum Gasteiger partial charge on any atom is -0.491 e. The second-order valence-electron chi connectivity index (χ2n) is 7.33. The quantitative estimate of drug-likeness (QED) is 0.630. The third-order valence-electron chi connectivity index (χ3n) is 3.88. The summed E-state index contributed by atoms with van der Waals surface area (Å²) in [5.41, 5.74) is 1.96. The van der Waals surface area contributed by atoms with E-state index in [0.717, 1.165) is 28.6 Å². The lowest BCUT2D eigenvalue weighted by atomic mass is 10.0. The first-order valence-corrected chi connectivity index (χ1v) is 9.66. The summed E-state index contributed by atoms with van der Waals surface area (Å²) >= 11 is 3.53. The smallest absolute Gasteiger partial charge is 0.410 e. The zero-order valence-electron chi connectivity index (χ0n) is 16.0. The fraction of sp³-hybridized carbons (Fsp3) is 0.550. The van der Waals surface area contributed by atoms with Crippen LogP contribution in [0.5, 0.6) is 5.75 Å². The highest BCUT2D eigenvalue weighted by molar-refractivity contribution is 9.10. The highest BCUT2D eigenvalue weighted by Gasteiger charge is 2.24. The van der Waals surface area contributed by atoms with Gasteiger partial charge in [-0.25, -0.2) is 4.79 Å². The summed E-state index contributed by atoms with van der Waals surface area (Å²) in [6.45, 7) is 8.12. The van der Waals surface area contributed by atoms with Gasteiger partial charge >= 0.3 is 6.09 Å². The van der Waals surface area contributed by atoms with E-state index in [4.69, 9.17) is 14.2 Å². The molecule has 1 aromatic carbocycles. The van der Waals surface area contributed by atoms with Crippen molar-refractivity contribution in [3.8, 4) is 5.75 Å². The van der Waals surface area contributed by atoms with Gasteiger partial charge in [-0.2, -0.15) is 0 Å². The number of amides is 1. The van der Waals surface area contributed by atoms with Gasteiger partial charge in [0.15, 0.2) is 0 Å². The van der Waals surface area contributed by atoms with E-state index in [9.17, 15) is 4.79 Å². The monoisotopic (exact) mass is 425 g/mol. The Hall–Kier alpha value is -1.53. The van der Waals surface area contributed by atoms with Crippen LogP contribution < -0.4 is 4.74 Å². The summed E-state index contributed by atoms with van der Waals surface area (Å²) in [5, 5.41) is 0. The van der Waals surface area contributed by atoms with Crippen LogP contribution in [0.1, 0.15) is 39.2 Å². The molecule has 0 N–H and O–H groups in total. The topological polar surface area (TPSA) is 48.0 Å². The van der Waals surface area contributed by atoms with Crippen molar-refractivity contribution < 1.29 is 19.0 Å². The molecule has 0 atom stereocenters. The molecule has 1 aliphatic rings. The van der Waals surface area contributed by atoms with Gasteiger partial charge in [0.2, 0.25) is 0 Å². The van der Waals surface area contributed by atoms with E-state index in [1.54, 1.807) is 12.0 Å². The van der Waals surface area contributed by atoms with Crippen LogP contribution in [0.4, 0.5) is 4.79 Å². The molecule has 2 rings (SSSR count). The van der Waals surface area contributed by atoms with E-state index in [1.165, 1.54) is 5.57 Å². The van der Waals surface area contributed by atoms with E-state index in [0.29, 0.717) is 26.3 Å². The number of carbonyl (C=O) groups excluding carboxylic acids is 1. The number of hydrogen-bond acceptors (Lipinski definition) is 4. The van der Waals surface area contributed by atoms with E-state index >= 15 is 0 Å². The normalized spacial score (nSPS) is 15.0. The molecule has 1 heterocycles. The molecule has 1 aliphatic heterocycles. The van der Waals surface area contributed by atoms with Crippen LogP contribution in [0.2, 0.25) is 0 Å². The zero-order chi connectivity index (χ0) is 19.2. The highest BCUT2D eigenvalue weighted by Crippen LogP contribution is 2.26. The Kier molecular flexibility index (Phi) is 7.53. The van der Waals surface area contributed by atoms with Gasteiger partial charge in [0.25, 0.3) is 0 Å². The van der Waals surface area contributed by atoms with Gasteiger partial charge in [-0.1, -0.05) is 27.6 Å². The number of halogens is 1. The van der Waals surface area contributed by atoms with E-state index in [-0.39, 0.29) is 6.09 Å². The average molecular weight is 426 g/mol. The summed E-state index contributed by atoms with van der Waals surface area (Å²) in [7, 11) is 1.66. The SMILES string of the molecule is COCCOc1cc(Br)cc(C=C2CCN(C(=O)OC(C)(C)C)CC2)c1. The summed E-state index contributed by atoms with van der Waals surface area (Å²) < 4.78 is 17.1. The molecule has 0 unspecified atom stereocenters. The van der Waals surface area contributed by atoms with Gasteiger partial charge in [0, 0.05) is 24.7 Å². The number of methoxy groups -OCH3 is 1. The van der Waals surface area contributed by atoms with Crippen molar-refractivity contribution in [2.45, 2.75) is 39.2 Å². The number of ether oxygens (including phenoxy) is 3. The Labute approximate surface area is 164 Å². The van der Waals surface area contributed by atoms with Gasteiger partial charge in [-0.15, -0.1) is 0 Å². The molecule has 0 saturated carbocycles. The van der Waals surface area contributed by atoms with Crippen LogP contribution in [0.25, 0.3) is 6.08 Å². The molecular weight excluding hydrogens is 398 g/mol. The maximum Gasteiger partial charge on any atom is 0.410 e. The Bertz CT molecular complexity index is 642. The fourth-order valence-corrected chi connectivity index (χ4v) is 3.17. The van der Waals surface area contributed by atoms with Crippen LogP contribution in [-0.2, 0) is 9.47 Å². The summed E-state index contributed by atoms with van der Waals surface area (Å²) in [6.07, 6.45) is 3.66. The molecule has 0 radical (unpaired) electrons. The Morgan fingerprint density at radius 1 is 1.19 bits per heavy atom. The minimum absolute atomic E-state index is 0.229. The molecule has 1 aromatic rings. The molecule has 144 valence electrons. The van der Waals surface area contributed by atoms with E-state index in [2.05, 4.69) is 28.1 Å². The standard InChI is InChI=1S/C20H28BrNO4/c1-20(2,3)26-19(23)22-7-5-15(6-8-22)11-16-12-17(21)14-18(13-16)25-10-9-24-4/h11-14H,5-10H2,1-4H3. The number of benzene rings is 1. The predicted octanol–water partition coefficient (Wildman–Crippen LogP) is 4.89. The van der Waals surface area contributed by atoms with Crippen LogP contribution in [-0.4, -0.2) is 50.0 Å². The molecule has 1 amide bonds. The average Bonchev–Trinajstić information content (AvgIpc) is 2.53. The van der Waals surface area contributed by atoms with Gasteiger partial charge in [-0.3, -0.25) is 0 Å². The van der Waals surface area contributed by atoms with Crippen molar-refractivity contribution in [3.63, 3.8) is 0 Å². The summed E-state index contributed by atoms with van der Waals surface area (Å²) in [4.78, 5) is 13.9. The Morgan fingerprint density at radius 3 is 2.50 bits per heavy atom. The maximum absolute atomic E-state index is 12.1. The second kappa shape index (κ2) is 9.42. The van der Waals surface area contributed by atoms with Gasteiger partial charge < -0.3 is 19.1 Å². The van der Waals surface area contributed by atoms with Gasteiger partial charge in [0.05, 0.1) is 6.61 Å². The van der Waals surface area contributed by atoms with Crippen LogP contribution in [0.15, 0.2) is 28.2 Å². The van der Waals surface area contributed by atoms with Crippen molar-refractivity contribution in [1.29, 1.82) is 0 Å². The first-order valence-electron chi connectivity index (χ1n) is 8.86. The number of likely N-dealkylation sites (tertiary alicyclic amines) is 1. The zero-order valence-corrected chi connectivity index (χ0v) is 17.6. The van der Waals surface area contributed by atoms with Crippen LogP contribution >= 0.6 is 15.9 Å². The van der Waals surface area contributed by atoms with Crippen molar-refractivity contribution in [3.05, 3.63) is 33.8 Å². The Morgan fingerprint density at radius 2 is 1.88 bits per heavy atom. The van der Waals surface area contributed by atoms with Gasteiger partial charge in [-0.05, 0) is 57.4 Å². The first kappa shape index (κ1) is 20.8. The first-order chi connectivity index (χ1) is 12.3. The summed E-state index contributed by atoms with van der Waals surface area (Å²) in [6, 6.07) is 6.03. The lowest BCUT2D eigenvalue weighted by Crippen LogP contribution is -2.40. The summed E-state index contributed by atoms with van der Waals surface area (Å²) in [5.74, 6) is 0.814. The number of nitrogens with zero attached hydrogens (tertiary/aromatic N) is 1. The Balaban J connectivity index is 1.96. The minimum atomic E-state index is -0.456. The largest absolute Gasteiger partial charge is 0.491 e. The number of hydrogen-bond donors (Lipinski definition) is 0. The molecule has 0 aliphatic carbocycles. The highest BCUT2D eigenvalue weighted by atomic mass is 79.9. The number of rotatable bonds is 5. The fourth-order valence-electron chi connectivity index (χ4n) is 2.68. The van der Waals surface area contributed by atoms with Crippen molar-refractivity contribution in [2.75, 3.05) is 33.4 Å². The number of carbonyl (C=O) groups is 1. The van der Waals surface area contributed by atoms with Crippen molar-refractivity contribution in [2.24, 2.45) is 0 Å². The number of piperidine rings is 1. The van der Waals surface area contributed by atoms with E-state index in [1.807, 2.05) is 32.9 Å². The maximum atomic E-state index is 12.1. The van der Waals surface area contributed by atoms with Crippen LogP contribution in [0, 0.1) is 0 Å². The second-order valence-corrected chi connectivity index (χ2v) is 8.25. The molecule has 5 nitrogen and oxygen atoms in total. The molecule has 6 heteroatoms. The molecule has 0 aromatic heterocycles. The lowest BCUT2D eigenvalue weighted by Gasteiger charge is -2.31. The molecular formula is C20H28BrNO4. The van der Waals surface area contributed by atoms with Crippen LogP contribution in [0.3, 0.4) is 0 Å². The molecule has 1 fully saturated rings.